The first-order chi connectivity index (χ1) is 18.4. The predicted octanol–water partition coefficient (Wildman–Crippen LogP) is 3.57. The molecule has 7 rings (SSSR count). The van der Waals surface area contributed by atoms with Gasteiger partial charge in [0.05, 0.1) is 62.1 Å². The summed E-state index contributed by atoms with van der Waals surface area (Å²) >= 11 is 0. The van der Waals surface area contributed by atoms with E-state index in [1.807, 2.05) is 89.4 Å². The van der Waals surface area contributed by atoms with E-state index in [-0.39, 0.29) is 17.1 Å². The van der Waals surface area contributed by atoms with Gasteiger partial charge in [-0.1, -0.05) is 36.4 Å². The Morgan fingerprint density at radius 1 is 0.641 bits per heavy atom. The molecule has 8 bridgehead atoms. The molecule has 0 N–H and O–H groups in total. The predicted molar refractivity (Wildman–Crippen MR) is 148 cm³/mol. The molecule has 9 heteroatoms. The van der Waals surface area contributed by atoms with Crippen molar-refractivity contribution in [3.05, 3.63) is 84.0 Å². The van der Waals surface area contributed by atoms with E-state index in [4.69, 9.17) is 19.9 Å². The summed E-state index contributed by atoms with van der Waals surface area (Å²) in [5.41, 5.74) is 8.84. The van der Waals surface area contributed by atoms with Gasteiger partial charge in [0, 0.05) is 0 Å². The number of aryl methyl sites for hydroxylation is 4. The van der Waals surface area contributed by atoms with Gasteiger partial charge in [-0.25, -0.2) is 28.2 Å². The van der Waals surface area contributed by atoms with Crippen LogP contribution in [-0.4, -0.2) is 19.1 Å². The average Bonchev–Trinajstić information content (AvgIpc) is 3.73. The van der Waals surface area contributed by atoms with E-state index >= 15 is 0 Å². The smallest absolute Gasteiger partial charge is 0.657 e. The number of hydrogen-bond donors (Lipinski definition) is 0. The van der Waals surface area contributed by atoms with Gasteiger partial charge in [0.1, 0.15) is 24.8 Å². The zero-order valence-corrected chi connectivity index (χ0v) is 23.2. The Bertz CT molecular complexity index is 1800. The Hall–Kier alpha value is -4.46. The number of imidazole rings is 2. The van der Waals surface area contributed by atoms with E-state index in [0.29, 0.717) is 0 Å². The fourth-order valence-electron chi connectivity index (χ4n) is 5.30. The van der Waals surface area contributed by atoms with Crippen LogP contribution in [0.15, 0.2) is 61.2 Å². The summed E-state index contributed by atoms with van der Waals surface area (Å²) in [5.74, 6) is 2.05. The molecule has 7 heterocycles. The van der Waals surface area contributed by atoms with E-state index in [0.717, 1.165) is 67.6 Å². The molecule has 0 saturated carbocycles. The SMILES string of the molecule is Cn1cc[n+](C)c1-c1c2nc(cc3ccc([n-]3)c(-c3n(C)cc[n+]3C)c3nc(cc4ccc1[n-]4)C=C3)C=C2.[Mn+2]. The molecule has 2 aliphatic rings. The molecule has 5 aromatic heterocycles. The molecule has 191 valence electrons. The fraction of sp³-hybridized carbons (Fsp3) is 0.133. The van der Waals surface area contributed by atoms with Crippen molar-refractivity contribution in [3.63, 3.8) is 0 Å². The third-order valence-electron chi connectivity index (χ3n) is 7.07. The molecule has 0 aliphatic carbocycles. The van der Waals surface area contributed by atoms with Crippen molar-refractivity contribution < 1.29 is 26.2 Å². The van der Waals surface area contributed by atoms with Gasteiger partial charge in [-0.3, -0.25) is 0 Å². The molecule has 0 fully saturated rings. The second-order valence-electron chi connectivity index (χ2n) is 9.75. The van der Waals surface area contributed by atoms with E-state index in [2.05, 4.69) is 42.6 Å². The van der Waals surface area contributed by atoms with Crippen LogP contribution >= 0.6 is 0 Å². The molecule has 0 amide bonds. The van der Waals surface area contributed by atoms with Crippen LogP contribution in [0.25, 0.3) is 69.1 Å². The first kappa shape index (κ1) is 24.9. The van der Waals surface area contributed by atoms with Crippen molar-refractivity contribution >= 4 is 46.4 Å². The summed E-state index contributed by atoms with van der Waals surface area (Å²) in [6, 6.07) is 12.2. The van der Waals surface area contributed by atoms with Crippen molar-refractivity contribution in [3.8, 4) is 22.8 Å². The first-order valence-corrected chi connectivity index (χ1v) is 12.5. The maximum atomic E-state index is 5.00. The van der Waals surface area contributed by atoms with Gasteiger partial charge >= 0.3 is 17.1 Å². The summed E-state index contributed by atoms with van der Waals surface area (Å²) < 4.78 is 8.39. The second kappa shape index (κ2) is 9.38. The molecule has 2 aliphatic heterocycles. The molecule has 1 radical (unpaired) electrons. The molecular formula is C30H26MnN8+2. The van der Waals surface area contributed by atoms with Crippen molar-refractivity contribution in [2.45, 2.75) is 0 Å². The largest absolute Gasteiger partial charge is 2.00 e. The van der Waals surface area contributed by atoms with Crippen LogP contribution in [-0.2, 0) is 45.3 Å². The molecule has 0 aromatic carbocycles. The Balaban J connectivity index is 0.00000277. The third-order valence-corrected chi connectivity index (χ3v) is 7.07. The van der Waals surface area contributed by atoms with E-state index in [1.54, 1.807) is 0 Å². The van der Waals surface area contributed by atoms with Gasteiger partial charge in [0.15, 0.2) is 0 Å². The number of fused-ring (bicyclic) bond motifs is 8. The average molecular weight is 554 g/mol. The van der Waals surface area contributed by atoms with Gasteiger partial charge in [0.2, 0.25) is 0 Å². The Morgan fingerprint density at radius 2 is 1.08 bits per heavy atom. The Labute approximate surface area is 236 Å². The van der Waals surface area contributed by atoms with Crippen LogP contribution in [0.2, 0.25) is 0 Å². The topological polar surface area (TPSA) is 71.6 Å². The van der Waals surface area contributed by atoms with E-state index in [1.165, 1.54) is 0 Å². The Kier molecular flexibility index (Phi) is 5.98. The number of rotatable bonds is 2. The first-order valence-electron chi connectivity index (χ1n) is 12.5. The number of aromatic nitrogens is 8. The van der Waals surface area contributed by atoms with Gasteiger partial charge in [-0.15, -0.1) is 22.1 Å². The molecule has 0 unspecified atom stereocenters. The summed E-state index contributed by atoms with van der Waals surface area (Å²) in [5, 5.41) is 0. The van der Waals surface area contributed by atoms with Crippen LogP contribution in [0, 0.1) is 0 Å². The third kappa shape index (κ3) is 4.16. The molecule has 0 spiro atoms. The van der Waals surface area contributed by atoms with Crippen LogP contribution in [0.1, 0.15) is 22.8 Å². The molecule has 8 nitrogen and oxygen atoms in total. The van der Waals surface area contributed by atoms with Crippen LogP contribution in [0.5, 0.6) is 0 Å². The second-order valence-corrected chi connectivity index (χ2v) is 9.75. The molecule has 0 atom stereocenters. The monoisotopic (exact) mass is 553 g/mol. The molecular weight excluding hydrogens is 527 g/mol. The van der Waals surface area contributed by atoms with Crippen LogP contribution in [0.4, 0.5) is 0 Å². The van der Waals surface area contributed by atoms with Gasteiger partial charge < -0.3 is 9.97 Å². The maximum absolute atomic E-state index is 5.00. The van der Waals surface area contributed by atoms with Gasteiger partial charge in [0.25, 0.3) is 11.6 Å². The molecule has 5 aromatic rings. The van der Waals surface area contributed by atoms with Crippen molar-refractivity contribution in [2.75, 3.05) is 0 Å². The quantitative estimate of drug-likeness (QED) is 0.243. The zero-order chi connectivity index (χ0) is 26.0. The van der Waals surface area contributed by atoms with Crippen molar-refractivity contribution in [1.29, 1.82) is 0 Å². The fourth-order valence-corrected chi connectivity index (χ4v) is 5.30. The number of nitrogens with zero attached hydrogens (tertiary/aromatic N) is 8. The molecule has 39 heavy (non-hydrogen) atoms. The molecule has 0 saturated heterocycles. The standard InChI is InChI=1S/C30H26N8.Mn/c1-35-13-14-36(2)29(35)27-23-9-5-19(31-23)17-21-7-11-25(33-21)28(30-37(3)15-16-38(30)4)26-12-8-22(34-26)18-20-6-10-24(27)32-20;/h5-18H,1-4H3;/q;+2. The summed E-state index contributed by atoms with van der Waals surface area (Å²) in [4.78, 5) is 20.0. The van der Waals surface area contributed by atoms with Crippen LogP contribution < -0.4 is 19.1 Å². The van der Waals surface area contributed by atoms with Crippen molar-refractivity contribution in [2.24, 2.45) is 28.2 Å². The van der Waals surface area contributed by atoms with Crippen LogP contribution in [0.3, 0.4) is 0 Å². The Morgan fingerprint density at radius 3 is 1.46 bits per heavy atom. The maximum Gasteiger partial charge on any atom is 2.00 e. The normalized spacial score (nSPS) is 12.2. The van der Waals surface area contributed by atoms with E-state index < -0.39 is 0 Å². The summed E-state index contributed by atoms with van der Waals surface area (Å²) in [6.07, 6.45) is 16.3. The summed E-state index contributed by atoms with van der Waals surface area (Å²) in [6.45, 7) is 0. The summed E-state index contributed by atoms with van der Waals surface area (Å²) in [7, 11) is 8.16. The minimum absolute atomic E-state index is 0. The van der Waals surface area contributed by atoms with Gasteiger partial charge in [-0.05, 0) is 24.3 Å². The van der Waals surface area contributed by atoms with E-state index in [9.17, 15) is 0 Å². The minimum atomic E-state index is 0. The van der Waals surface area contributed by atoms with Crippen molar-refractivity contribution in [1.82, 2.24) is 29.1 Å². The van der Waals surface area contributed by atoms with Gasteiger partial charge in [-0.2, -0.15) is 0 Å². The number of hydrogen-bond acceptors (Lipinski definition) is 2. The zero-order valence-electron chi connectivity index (χ0n) is 22.0. The minimum Gasteiger partial charge on any atom is -0.657 e.